The van der Waals surface area contributed by atoms with Gasteiger partial charge in [0.15, 0.2) is 6.61 Å². The van der Waals surface area contributed by atoms with Crippen molar-refractivity contribution in [2.75, 3.05) is 12.3 Å². The fraction of sp³-hybridized carbons (Fsp3) is 0.250. The molecule has 1 aromatic rings. The number of carbonyl (C=O) groups is 3. The first-order valence-electron chi connectivity index (χ1n) is 4.50. The average molecular weight is 241 g/mol. The van der Waals surface area contributed by atoms with Crippen molar-refractivity contribution in [3.05, 3.63) is 12.4 Å². The Morgan fingerprint density at radius 2 is 2.18 bits per heavy atom. The molecule has 3 amide bonds. The van der Waals surface area contributed by atoms with Crippen LogP contribution in [-0.2, 0) is 20.9 Å². The molecule has 9 heteroatoms. The van der Waals surface area contributed by atoms with E-state index in [-0.39, 0.29) is 6.54 Å². The van der Waals surface area contributed by atoms with Gasteiger partial charge in [-0.25, -0.2) is 4.79 Å². The number of ether oxygens (including phenoxy) is 1. The number of nitrogens with two attached hydrogens (primary N) is 2. The van der Waals surface area contributed by atoms with Crippen LogP contribution in [0.25, 0.3) is 0 Å². The second-order valence-corrected chi connectivity index (χ2v) is 3.04. The molecule has 0 bridgehead atoms. The van der Waals surface area contributed by atoms with Crippen molar-refractivity contribution in [3.63, 3.8) is 0 Å². The Balaban J connectivity index is 2.30. The third-order valence-electron chi connectivity index (χ3n) is 1.57. The topological polar surface area (TPSA) is 142 Å². The SMILES string of the molecule is NC(=O)NC(=O)COC(=O)Cn1cc(N)cn1. The van der Waals surface area contributed by atoms with E-state index in [1.54, 1.807) is 5.32 Å². The van der Waals surface area contributed by atoms with E-state index in [1.165, 1.54) is 17.1 Å². The van der Waals surface area contributed by atoms with Gasteiger partial charge in [0.25, 0.3) is 5.91 Å². The van der Waals surface area contributed by atoms with E-state index in [0.717, 1.165) is 0 Å². The smallest absolute Gasteiger partial charge is 0.328 e. The van der Waals surface area contributed by atoms with Crippen LogP contribution in [-0.4, -0.2) is 34.3 Å². The highest BCUT2D eigenvalue weighted by Gasteiger charge is 2.09. The van der Waals surface area contributed by atoms with E-state index in [4.69, 9.17) is 5.73 Å². The van der Waals surface area contributed by atoms with Crippen molar-refractivity contribution in [1.82, 2.24) is 15.1 Å². The van der Waals surface area contributed by atoms with Gasteiger partial charge in [0, 0.05) is 6.20 Å². The lowest BCUT2D eigenvalue weighted by Gasteiger charge is -2.04. The monoisotopic (exact) mass is 241 g/mol. The number of anilines is 1. The predicted molar refractivity (Wildman–Crippen MR) is 55.3 cm³/mol. The first kappa shape index (κ1) is 12.5. The number of esters is 1. The van der Waals surface area contributed by atoms with Gasteiger partial charge in [0.2, 0.25) is 0 Å². The van der Waals surface area contributed by atoms with Gasteiger partial charge in [-0.2, -0.15) is 5.10 Å². The number of nitrogens with one attached hydrogen (secondary N) is 1. The quantitative estimate of drug-likeness (QED) is 0.531. The molecule has 1 aromatic heterocycles. The second kappa shape index (κ2) is 5.49. The predicted octanol–water partition coefficient (Wildman–Crippen LogP) is -1.80. The summed E-state index contributed by atoms with van der Waals surface area (Å²) in [6.07, 6.45) is 2.80. The number of amides is 3. The van der Waals surface area contributed by atoms with Crippen LogP contribution in [0.2, 0.25) is 0 Å². The van der Waals surface area contributed by atoms with E-state index in [2.05, 4.69) is 15.6 Å². The molecule has 0 radical (unpaired) electrons. The lowest BCUT2D eigenvalue weighted by Crippen LogP contribution is -2.38. The number of urea groups is 1. The third kappa shape index (κ3) is 4.64. The van der Waals surface area contributed by atoms with Gasteiger partial charge in [-0.3, -0.25) is 19.6 Å². The normalized spacial score (nSPS) is 9.65. The van der Waals surface area contributed by atoms with E-state index >= 15 is 0 Å². The van der Waals surface area contributed by atoms with Gasteiger partial charge in [0.05, 0.1) is 11.9 Å². The molecule has 0 aliphatic rings. The van der Waals surface area contributed by atoms with Crippen molar-refractivity contribution >= 4 is 23.6 Å². The maximum atomic E-state index is 11.2. The number of nitrogen functional groups attached to an aromatic ring is 1. The molecule has 17 heavy (non-hydrogen) atoms. The number of nitrogens with zero attached hydrogens (tertiary/aromatic N) is 2. The van der Waals surface area contributed by atoms with E-state index in [9.17, 15) is 14.4 Å². The van der Waals surface area contributed by atoms with E-state index in [0.29, 0.717) is 5.69 Å². The van der Waals surface area contributed by atoms with Crippen LogP contribution < -0.4 is 16.8 Å². The third-order valence-corrected chi connectivity index (χ3v) is 1.57. The van der Waals surface area contributed by atoms with Gasteiger partial charge in [-0.1, -0.05) is 0 Å². The van der Waals surface area contributed by atoms with Crippen molar-refractivity contribution in [1.29, 1.82) is 0 Å². The highest BCUT2D eigenvalue weighted by Crippen LogP contribution is 1.97. The minimum Gasteiger partial charge on any atom is -0.454 e. The maximum absolute atomic E-state index is 11.2. The van der Waals surface area contributed by atoms with Crippen molar-refractivity contribution in [2.45, 2.75) is 6.54 Å². The molecule has 5 N–H and O–H groups in total. The number of hydrogen-bond donors (Lipinski definition) is 3. The Morgan fingerprint density at radius 3 is 2.71 bits per heavy atom. The molecule has 0 saturated heterocycles. The Kier molecular flexibility index (Phi) is 4.03. The molecule has 0 saturated carbocycles. The average Bonchev–Trinajstić information content (AvgIpc) is 2.60. The number of imide groups is 1. The summed E-state index contributed by atoms with van der Waals surface area (Å²) in [6.45, 7) is -0.764. The molecule has 0 fully saturated rings. The van der Waals surface area contributed by atoms with Crippen LogP contribution in [0.5, 0.6) is 0 Å². The zero-order valence-corrected chi connectivity index (χ0v) is 8.75. The summed E-state index contributed by atoms with van der Waals surface area (Å²) in [5.74, 6) is -1.49. The lowest BCUT2D eigenvalue weighted by atomic mass is 10.6. The van der Waals surface area contributed by atoms with Crippen molar-refractivity contribution in [3.8, 4) is 0 Å². The maximum Gasteiger partial charge on any atom is 0.328 e. The molecule has 0 unspecified atom stereocenters. The van der Waals surface area contributed by atoms with Crippen LogP contribution in [0.1, 0.15) is 0 Å². The minimum absolute atomic E-state index is 0.180. The summed E-state index contributed by atoms with van der Waals surface area (Å²) in [7, 11) is 0. The fourth-order valence-corrected chi connectivity index (χ4v) is 0.963. The van der Waals surface area contributed by atoms with Gasteiger partial charge in [-0.05, 0) is 0 Å². The largest absolute Gasteiger partial charge is 0.454 e. The number of hydrogen-bond acceptors (Lipinski definition) is 6. The Morgan fingerprint density at radius 1 is 1.47 bits per heavy atom. The van der Waals surface area contributed by atoms with Gasteiger partial charge in [0.1, 0.15) is 6.54 Å². The lowest BCUT2D eigenvalue weighted by molar-refractivity contribution is -0.149. The van der Waals surface area contributed by atoms with E-state index < -0.39 is 24.5 Å². The zero-order chi connectivity index (χ0) is 12.8. The van der Waals surface area contributed by atoms with E-state index in [1.807, 2.05) is 0 Å². The molecular weight excluding hydrogens is 230 g/mol. The first-order chi connectivity index (χ1) is 7.97. The molecule has 0 atom stereocenters. The summed E-state index contributed by atoms with van der Waals surface area (Å²) in [4.78, 5) is 32.3. The minimum atomic E-state index is -1.01. The molecule has 0 aliphatic carbocycles. The zero-order valence-electron chi connectivity index (χ0n) is 8.75. The molecule has 1 rings (SSSR count). The highest BCUT2D eigenvalue weighted by molar-refractivity contribution is 5.94. The number of carbonyl (C=O) groups excluding carboxylic acids is 3. The summed E-state index contributed by atoms with van der Waals surface area (Å²) < 4.78 is 5.81. The summed E-state index contributed by atoms with van der Waals surface area (Å²) in [6, 6.07) is -1.01. The number of rotatable bonds is 4. The van der Waals surface area contributed by atoms with Crippen LogP contribution in [0.4, 0.5) is 10.5 Å². The molecule has 1 heterocycles. The van der Waals surface area contributed by atoms with Gasteiger partial charge >= 0.3 is 12.0 Å². The molecule has 0 aliphatic heterocycles. The van der Waals surface area contributed by atoms with Crippen LogP contribution >= 0.6 is 0 Å². The highest BCUT2D eigenvalue weighted by atomic mass is 16.5. The van der Waals surface area contributed by atoms with Crippen LogP contribution in [0.15, 0.2) is 12.4 Å². The van der Waals surface area contributed by atoms with Gasteiger partial charge in [-0.15, -0.1) is 0 Å². The summed E-state index contributed by atoms with van der Waals surface area (Å²) >= 11 is 0. The Hall–Kier alpha value is -2.58. The molecule has 92 valence electrons. The standard InChI is InChI=1S/C8H11N5O4/c9-5-1-11-13(2-5)3-7(15)17-4-6(14)12-8(10)16/h1-2H,3-4,9H2,(H3,10,12,14,16). The van der Waals surface area contributed by atoms with Crippen molar-refractivity contribution < 1.29 is 19.1 Å². The first-order valence-corrected chi connectivity index (χ1v) is 4.50. The molecule has 0 spiro atoms. The second-order valence-electron chi connectivity index (χ2n) is 3.04. The van der Waals surface area contributed by atoms with Crippen LogP contribution in [0.3, 0.4) is 0 Å². The Labute approximate surface area is 95.7 Å². The molecule has 9 nitrogen and oxygen atoms in total. The number of primary amides is 1. The molecular formula is C8H11N5O4. The van der Waals surface area contributed by atoms with Gasteiger partial charge < -0.3 is 16.2 Å². The Bertz CT molecular complexity index is 441. The number of aromatic nitrogens is 2. The van der Waals surface area contributed by atoms with Crippen molar-refractivity contribution in [2.24, 2.45) is 5.73 Å². The summed E-state index contributed by atoms with van der Waals surface area (Å²) in [5, 5.41) is 5.49. The molecule has 0 aromatic carbocycles. The summed E-state index contributed by atoms with van der Waals surface area (Å²) in [5.41, 5.74) is 10.5. The van der Waals surface area contributed by atoms with Crippen LogP contribution in [0, 0.1) is 0 Å². The fourth-order valence-electron chi connectivity index (χ4n) is 0.963.